The third-order valence-electron chi connectivity index (χ3n) is 3.48. The quantitative estimate of drug-likeness (QED) is 0.682. The summed E-state index contributed by atoms with van der Waals surface area (Å²) in [5.74, 6) is 0.851. The highest BCUT2D eigenvalue weighted by Crippen LogP contribution is 2.19. The molecule has 1 rings (SSSR count). The lowest BCUT2D eigenvalue weighted by atomic mass is 9.90. The lowest BCUT2D eigenvalue weighted by Crippen LogP contribution is -2.48. The zero-order valence-corrected chi connectivity index (χ0v) is 12.0. The minimum absolute atomic E-state index is 0.00900. The van der Waals surface area contributed by atoms with Gasteiger partial charge in [-0.15, -0.1) is 0 Å². The maximum absolute atomic E-state index is 11.9. The minimum atomic E-state index is 0.00900. The third-order valence-corrected chi connectivity index (χ3v) is 3.48. The van der Waals surface area contributed by atoms with E-state index in [0.717, 1.165) is 19.4 Å². The lowest BCUT2D eigenvalue weighted by molar-refractivity contribution is -0.124. The fraction of sp³-hybridized carbons (Fsp3) is 0.929. The van der Waals surface area contributed by atoms with E-state index >= 15 is 0 Å². The van der Waals surface area contributed by atoms with Crippen LogP contribution in [0.15, 0.2) is 0 Å². The van der Waals surface area contributed by atoms with Gasteiger partial charge in [-0.2, -0.15) is 0 Å². The van der Waals surface area contributed by atoms with E-state index in [-0.39, 0.29) is 18.1 Å². The van der Waals surface area contributed by atoms with Crippen LogP contribution in [0.25, 0.3) is 0 Å². The zero-order valence-electron chi connectivity index (χ0n) is 12.0. The van der Waals surface area contributed by atoms with Gasteiger partial charge < -0.3 is 15.4 Å². The Hall–Kier alpha value is -0.610. The Morgan fingerprint density at radius 2 is 2.28 bits per heavy atom. The van der Waals surface area contributed by atoms with E-state index in [1.807, 2.05) is 13.8 Å². The number of rotatable bonds is 7. The van der Waals surface area contributed by atoms with Crippen molar-refractivity contribution in [2.45, 2.75) is 58.6 Å². The van der Waals surface area contributed by atoms with E-state index in [1.54, 1.807) is 0 Å². The van der Waals surface area contributed by atoms with Crippen molar-refractivity contribution in [1.82, 2.24) is 10.6 Å². The van der Waals surface area contributed by atoms with Crippen molar-refractivity contribution in [2.75, 3.05) is 19.7 Å². The van der Waals surface area contributed by atoms with E-state index in [0.29, 0.717) is 19.1 Å². The van der Waals surface area contributed by atoms with Crippen LogP contribution in [0, 0.1) is 5.92 Å². The molecule has 0 radical (unpaired) electrons. The van der Waals surface area contributed by atoms with Crippen molar-refractivity contribution in [2.24, 2.45) is 5.92 Å². The van der Waals surface area contributed by atoms with Gasteiger partial charge in [0.2, 0.25) is 5.91 Å². The summed E-state index contributed by atoms with van der Waals surface area (Å²) in [5.41, 5.74) is 0. The first-order valence-corrected chi connectivity index (χ1v) is 7.26. The average molecular weight is 256 g/mol. The molecule has 4 heteroatoms. The molecule has 0 aliphatic carbocycles. The van der Waals surface area contributed by atoms with Crippen molar-refractivity contribution < 1.29 is 9.53 Å². The fourth-order valence-corrected chi connectivity index (χ4v) is 2.29. The predicted octanol–water partition coefficient (Wildman–Crippen LogP) is 1.70. The largest absolute Gasteiger partial charge is 0.379 e. The summed E-state index contributed by atoms with van der Waals surface area (Å²) in [5, 5.41) is 6.29. The van der Waals surface area contributed by atoms with Gasteiger partial charge in [0.25, 0.3) is 0 Å². The first kappa shape index (κ1) is 15.4. The Balaban J connectivity index is 2.12. The van der Waals surface area contributed by atoms with Gasteiger partial charge in [0, 0.05) is 13.2 Å². The Morgan fingerprint density at radius 3 is 2.94 bits per heavy atom. The Bertz CT molecular complexity index is 244. The van der Waals surface area contributed by atoms with Crippen molar-refractivity contribution >= 4 is 5.91 Å². The van der Waals surface area contributed by atoms with Gasteiger partial charge >= 0.3 is 0 Å². The molecule has 0 aromatic rings. The number of amides is 1. The average Bonchev–Trinajstić information content (AvgIpc) is 2.37. The Labute approximate surface area is 111 Å². The fourth-order valence-electron chi connectivity index (χ4n) is 2.29. The highest BCUT2D eigenvalue weighted by Gasteiger charge is 2.25. The molecule has 0 spiro atoms. The smallest absolute Gasteiger partial charge is 0.237 e. The van der Waals surface area contributed by atoms with E-state index in [1.165, 1.54) is 12.8 Å². The van der Waals surface area contributed by atoms with Gasteiger partial charge in [-0.25, -0.2) is 0 Å². The van der Waals surface area contributed by atoms with Gasteiger partial charge in [0.15, 0.2) is 0 Å². The van der Waals surface area contributed by atoms with Crippen LogP contribution in [0.2, 0.25) is 0 Å². The van der Waals surface area contributed by atoms with E-state index < -0.39 is 0 Å². The first-order chi connectivity index (χ1) is 8.63. The Morgan fingerprint density at radius 1 is 1.50 bits per heavy atom. The second-order valence-corrected chi connectivity index (χ2v) is 5.37. The standard InChI is InChI=1S/C14H28N2O2/c1-4-12-6-8-15-13(10-12)14(17)16-7-5-9-18-11(2)3/h11-13,15H,4-10H2,1-3H3,(H,16,17). The molecule has 2 unspecified atom stereocenters. The monoisotopic (exact) mass is 256 g/mol. The number of nitrogens with one attached hydrogen (secondary N) is 2. The highest BCUT2D eigenvalue weighted by molar-refractivity contribution is 5.81. The highest BCUT2D eigenvalue weighted by atomic mass is 16.5. The van der Waals surface area contributed by atoms with Crippen molar-refractivity contribution in [3.63, 3.8) is 0 Å². The van der Waals surface area contributed by atoms with Gasteiger partial charge in [0.1, 0.15) is 0 Å². The van der Waals surface area contributed by atoms with Gasteiger partial charge in [-0.1, -0.05) is 13.3 Å². The van der Waals surface area contributed by atoms with Crippen molar-refractivity contribution in [3.05, 3.63) is 0 Å². The molecule has 18 heavy (non-hydrogen) atoms. The summed E-state index contributed by atoms with van der Waals surface area (Å²) in [6.07, 6.45) is 4.50. The second kappa shape index (κ2) is 8.48. The van der Waals surface area contributed by atoms with E-state index in [9.17, 15) is 4.79 Å². The van der Waals surface area contributed by atoms with Crippen molar-refractivity contribution in [1.29, 1.82) is 0 Å². The first-order valence-electron chi connectivity index (χ1n) is 7.26. The molecule has 4 nitrogen and oxygen atoms in total. The predicted molar refractivity (Wildman–Crippen MR) is 73.5 cm³/mol. The molecule has 0 bridgehead atoms. The molecule has 1 amide bonds. The van der Waals surface area contributed by atoms with Crippen LogP contribution >= 0.6 is 0 Å². The maximum atomic E-state index is 11.9. The van der Waals surface area contributed by atoms with E-state index in [2.05, 4.69) is 17.6 Å². The molecule has 1 heterocycles. The molecular weight excluding hydrogens is 228 g/mol. The second-order valence-electron chi connectivity index (χ2n) is 5.37. The number of hydrogen-bond donors (Lipinski definition) is 2. The number of carbonyl (C=O) groups excluding carboxylic acids is 1. The van der Waals surface area contributed by atoms with Crippen LogP contribution in [-0.2, 0) is 9.53 Å². The molecule has 1 saturated heterocycles. The molecule has 1 aliphatic rings. The summed E-state index contributed by atoms with van der Waals surface area (Å²) in [7, 11) is 0. The van der Waals surface area contributed by atoms with Crippen LogP contribution in [-0.4, -0.2) is 37.7 Å². The van der Waals surface area contributed by atoms with E-state index in [4.69, 9.17) is 4.74 Å². The normalized spacial score (nSPS) is 24.2. The number of hydrogen-bond acceptors (Lipinski definition) is 3. The maximum Gasteiger partial charge on any atom is 0.237 e. The summed E-state index contributed by atoms with van der Waals surface area (Å²) in [6, 6.07) is 0.00900. The van der Waals surface area contributed by atoms with Gasteiger partial charge in [-0.05, 0) is 45.6 Å². The van der Waals surface area contributed by atoms with Crippen LogP contribution in [0.5, 0.6) is 0 Å². The summed E-state index contributed by atoms with van der Waals surface area (Å²) >= 11 is 0. The SMILES string of the molecule is CCC1CCNC(C(=O)NCCCOC(C)C)C1. The van der Waals surface area contributed by atoms with Crippen LogP contribution in [0.1, 0.15) is 46.5 Å². The molecule has 0 saturated carbocycles. The molecule has 2 atom stereocenters. The Kier molecular flexibility index (Phi) is 7.28. The lowest BCUT2D eigenvalue weighted by Gasteiger charge is -2.28. The number of piperidine rings is 1. The summed E-state index contributed by atoms with van der Waals surface area (Å²) < 4.78 is 5.44. The number of ether oxygens (including phenoxy) is 1. The topological polar surface area (TPSA) is 50.4 Å². The molecule has 1 aliphatic heterocycles. The van der Waals surface area contributed by atoms with Gasteiger partial charge in [-0.3, -0.25) is 4.79 Å². The summed E-state index contributed by atoms with van der Waals surface area (Å²) in [6.45, 7) is 8.64. The van der Waals surface area contributed by atoms with Crippen molar-refractivity contribution in [3.8, 4) is 0 Å². The van der Waals surface area contributed by atoms with Crippen LogP contribution < -0.4 is 10.6 Å². The number of carbonyl (C=O) groups is 1. The zero-order chi connectivity index (χ0) is 13.4. The molecule has 2 N–H and O–H groups in total. The van der Waals surface area contributed by atoms with Gasteiger partial charge in [0.05, 0.1) is 12.1 Å². The molecule has 0 aromatic heterocycles. The van der Waals surface area contributed by atoms with Crippen LogP contribution in [0.3, 0.4) is 0 Å². The van der Waals surface area contributed by atoms with Crippen LogP contribution in [0.4, 0.5) is 0 Å². The molecular formula is C14H28N2O2. The minimum Gasteiger partial charge on any atom is -0.379 e. The molecule has 1 fully saturated rings. The molecule has 0 aromatic carbocycles. The molecule has 106 valence electrons. The summed E-state index contributed by atoms with van der Waals surface area (Å²) in [4.78, 5) is 11.9. The third kappa shape index (κ3) is 5.83.